The summed E-state index contributed by atoms with van der Waals surface area (Å²) in [5.74, 6) is 1.52. The van der Waals surface area contributed by atoms with Gasteiger partial charge >= 0.3 is 6.03 Å². The number of rotatable bonds is 4. The van der Waals surface area contributed by atoms with Crippen molar-refractivity contribution < 1.29 is 9.53 Å². The normalized spacial score (nSPS) is 29.3. The van der Waals surface area contributed by atoms with Crippen molar-refractivity contribution in [2.75, 3.05) is 33.4 Å². The van der Waals surface area contributed by atoms with Crippen LogP contribution in [0, 0.1) is 11.8 Å². The van der Waals surface area contributed by atoms with Crippen molar-refractivity contribution in [1.29, 1.82) is 0 Å². The number of benzene rings is 1. The quantitative estimate of drug-likeness (QED) is 0.885. The van der Waals surface area contributed by atoms with Gasteiger partial charge in [-0.2, -0.15) is 0 Å². The Labute approximate surface area is 163 Å². The minimum Gasteiger partial charge on any atom is -0.381 e. The Morgan fingerprint density at radius 3 is 2.63 bits per heavy atom. The van der Waals surface area contributed by atoms with Crippen LogP contribution in [-0.2, 0) is 11.3 Å². The maximum absolute atomic E-state index is 12.7. The van der Waals surface area contributed by atoms with E-state index in [4.69, 9.17) is 4.74 Å². The highest BCUT2D eigenvalue weighted by Gasteiger charge is 2.38. The van der Waals surface area contributed by atoms with Gasteiger partial charge in [0.1, 0.15) is 0 Å². The first-order chi connectivity index (χ1) is 13.2. The van der Waals surface area contributed by atoms with Crippen molar-refractivity contribution in [2.45, 2.75) is 50.7 Å². The summed E-state index contributed by atoms with van der Waals surface area (Å²) in [4.78, 5) is 17.2. The van der Waals surface area contributed by atoms with Crippen LogP contribution in [0.3, 0.4) is 0 Å². The smallest absolute Gasteiger partial charge is 0.317 e. The van der Waals surface area contributed by atoms with E-state index in [0.29, 0.717) is 12.1 Å². The van der Waals surface area contributed by atoms with Gasteiger partial charge < -0.3 is 15.0 Å². The molecule has 0 aromatic heterocycles. The van der Waals surface area contributed by atoms with Gasteiger partial charge in [0.05, 0.1) is 0 Å². The van der Waals surface area contributed by atoms with Crippen LogP contribution >= 0.6 is 0 Å². The van der Waals surface area contributed by atoms with Crippen molar-refractivity contribution >= 4 is 6.03 Å². The number of amides is 2. The van der Waals surface area contributed by atoms with Crippen LogP contribution in [-0.4, -0.2) is 61.3 Å². The molecular weight excluding hydrogens is 338 g/mol. The minimum absolute atomic E-state index is 0.101. The molecule has 1 saturated carbocycles. The third-order valence-electron chi connectivity index (χ3n) is 6.76. The van der Waals surface area contributed by atoms with Gasteiger partial charge in [0.2, 0.25) is 0 Å². The molecule has 148 valence electrons. The fraction of sp³-hybridized carbons (Fsp3) is 0.682. The summed E-state index contributed by atoms with van der Waals surface area (Å²) < 4.78 is 5.42. The molecule has 1 aromatic carbocycles. The van der Waals surface area contributed by atoms with Crippen molar-refractivity contribution in [1.82, 2.24) is 15.1 Å². The molecule has 0 radical (unpaired) electrons. The number of nitrogens with one attached hydrogen (secondary N) is 1. The lowest BCUT2D eigenvalue weighted by Crippen LogP contribution is -2.50. The van der Waals surface area contributed by atoms with Gasteiger partial charge in [-0.15, -0.1) is 0 Å². The minimum atomic E-state index is 0.101. The molecule has 3 fully saturated rings. The van der Waals surface area contributed by atoms with E-state index in [1.54, 1.807) is 0 Å². The third-order valence-corrected chi connectivity index (χ3v) is 6.76. The fourth-order valence-electron chi connectivity index (χ4n) is 5.15. The number of fused-ring (bicyclic) bond motifs is 1. The summed E-state index contributed by atoms with van der Waals surface area (Å²) in [5, 5.41) is 3.32. The number of urea groups is 1. The molecule has 2 aliphatic heterocycles. The van der Waals surface area contributed by atoms with Crippen LogP contribution in [0.25, 0.3) is 0 Å². The Kier molecular flexibility index (Phi) is 5.98. The average molecular weight is 372 g/mol. The van der Waals surface area contributed by atoms with E-state index in [1.807, 2.05) is 11.9 Å². The Bertz CT molecular complexity index is 617. The van der Waals surface area contributed by atoms with Crippen LogP contribution in [0.1, 0.15) is 37.7 Å². The maximum Gasteiger partial charge on any atom is 0.317 e. The molecule has 5 nitrogen and oxygen atoms in total. The standard InChI is InChI=1S/C22H33N3O2/c1-24(21-9-11-27-12-10-21)22(26)23-20-8-7-18-15-25(16-19(18)13-20)14-17-5-3-2-4-6-17/h2-6,18-21H,7-16H2,1H3,(H,23,26)/t18-,19+,20?/m1/s1. The number of carbonyl (C=O) groups is 1. The van der Waals surface area contributed by atoms with Crippen molar-refractivity contribution in [3.05, 3.63) is 35.9 Å². The second-order valence-corrected chi connectivity index (χ2v) is 8.61. The average Bonchev–Trinajstić information content (AvgIpc) is 3.10. The fourth-order valence-corrected chi connectivity index (χ4v) is 5.15. The molecule has 0 spiro atoms. The van der Waals surface area contributed by atoms with E-state index < -0.39 is 0 Å². The predicted octanol–water partition coefficient (Wildman–Crippen LogP) is 3.11. The number of likely N-dealkylation sites (tertiary alicyclic amines) is 1. The van der Waals surface area contributed by atoms with Gasteiger partial charge in [-0.3, -0.25) is 4.90 Å². The van der Waals surface area contributed by atoms with Crippen LogP contribution in [0.2, 0.25) is 0 Å². The Balaban J connectivity index is 1.26. The zero-order chi connectivity index (χ0) is 18.6. The molecule has 2 saturated heterocycles. The van der Waals surface area contributed by atoms with Crippen molar-refractivity contribution in [3.8, 4) is 0 Å². The molecule has 1 aromatic rings. The summed E-state index contributed by atoms with van der Waals surface area (Å²) in [6, 6.07) is 11.5. The lowest BCUT2D eigenvalue weighted by atomic mass is 9.79. The molecule has 3 aliphatic rings. The van der Waals surface area contributed by atoms with E-state index in [9.17, 15) is 4.79 Å². The first kappa shape index (κ1) is 18.8. The van der Waals surface area contributed by atoms with E-state index >= 15 is 0 Å². The second-order valence-electron chi connectivity index (χ2n) is 8.61. The summed E-state index contributed by atoms with van der Waals surface area (Å²) in [6.45, 7) is 4.97. The highest BCUT2D eigenvalue weighted by Crippen LogP contribution is 2.37. The maximum atomic E-state index is 12.7. The van der Waals surface area contributed by atoms with Gasteiger partial charge in [-0.1, -0.05) is 30.3 Å². The number of hydrogen-bond acceptors (Lipinski definition) is 3. The summed E-state index contributed by atoms with van der Waals surface area (Å²) >= 11 is 0. The lowest BCUT2D eigenvalue weighted by Gasteiger charge is -2.35. The SMILES string of the molecule is CN(C(=O)NC1CC[C@@H]2CN(Cc3ccccc3)C[C@@H]2C1)C1CCOCC1. The van der Waals surface area contributed by atoms with Gasteiger partial charge in [0, 0.05) is 52.0 Å². The van der Waals surface area contributed by atoms with Gasteiger partial charge in [0.25, 0.3) is 0 Å². The molecule has 27 heavy (non-hydrogen) atoms. The first-order valence-corrected chi connectivity index (χ1v) is 10.6. The molecule has 2 amide bonds. The van der Waals surface area contributed by atoms with Crippen molar-refractivity contribution in [2.24, 2.45) is 11.8 Å². The highest BCUT2D eigenvalue weighted by molar-refractivity contribution is 5.74. The van der Waals surface area contributed by atoms with Gasteiger partial charge in [-0.05, 0) is 49.5 Å². The Morgan fingerprint density at radius 2 is 1.85 bits per heavy atom. The van der Waals surface area contributed by atoms with E-state index in [-0.39, 0.29) is 6.03 Å². The van der Waals surface area contributed by atoms with E-state index in [2.05, 4.69) is 40.5 Å². The summed E-state index contributed by atoms with van der Waals surface area (Å²) in [7, 11) is 1.94. The molecule has 2 heterocycles. The zero-order valence-electron chi connectivity index (χ0n) is 16.5. The molecule has 5 heteroatoms. The second kappa shape index (κ2) is 8.61. The molecular formula is C22H33N3O2. The molecule has 0 bridgehead atoms. The Hall–Kier alpha value is -1.59. The summed E-state index contributed by atoms with van der Waals surface area (Å²) in [6.07, 6.45) is 5.39. The third kappa shape index (κ3) is 4.64. The molecule has 1 unspecified atom stereocenters. The Morgan fingerprint density at radius 1 is 1.11 bits per heavy atom. The number of carbonyl (C=O) groups excluding carboxylic acids is 1. The predicted molar refractivity (Wildman–Crippen MR) is 106 cm³/mol. The lowest BCUT2D eigenvalue weighted by molar-refractivity contribution is 0.0517. The van der Waals surface area contributed by atoms with Crippen LogP contribution in [0.15, 0.2) is 30.3 Å². The van der Waals surface area contributed by atoms with Crippen molar-refractivity contribution in [3.63, 3.8) is 0 Å². The largest absolute Gasteiger partial charge is 0.381 e. The van der Waals surface area contributed by atoms with Crippen LogP contribution < -0.4 is 5.32 Å². The molecule has 4 rings (SSSR count). The van der Waals surface area contributed by atoms with Gasteiger partial charge in [0.15, 0.2) is 0 Å². The number of ether oxygens (including phenoxy) is 1. The molecule has 3 atom stereocenters. The zero-order valence-corrected chi connectivity index (χ0v) is 16.5. The molecule has 1 aliphatic carbocycles. The number of nitrogens with zero attached hydrogens (tertiary/aromatic N) is 2. The molecule has 1 N–H and O–H groups in total. The van der Waals surface area contributed by atoms with Crippen LogP contribution in [0.4, 0.5) is 4.79 Å². The first-order valence-electron chi connectivity index (χ1n) is 10.6. The highest BCUT2D eigenvalue weighted by atomic mass is 16.5. The van der Waals surface area contributed by atoms with Crippen LogP contribution in [0.5, 0.6) is 0 Å². The monoisotopic (exact) mass is 371 g/mol. The topological polar surface area (TPSA) is 44.8 Å². The van der Waals surface area contributed by atoms with Gasteiger partial charge in [-0.25, -0.2) is 4.79 Å². The van der Waals surface area contributed by atoms with E-state index in [0.717, 1.165) is 57.3 Å². The summed E-state index contributed by atoms with van der Waals surface area (Å²) in [5.41, 5.74) is 1.40. The van der Waals surface area contributed by atoms with E-state index in [1.165, 1.54) is 25.1 Å². The number of hydrogen-bond donors (Lipinski definition) is 1.